The van der Waals surface area contributed by atoms with Crippen molar-refractivity contribution in [1.29, 1.82) is 0 Å². The third-order valence-corrected chi connectivity index (χ3v) is 3.97. The molecule has 0 heterocycles. The zero-order chi connectivity index (χ0) is 17.4. The molecule has 2 rings (SSSR count). The van der Waals surface area contributed by atoms with E-state index in [0.717, 1.165) is 34.9 Å². The Balaban J connectivity index is 1.90. The monoisotopic (exact) mass is 343 g/mol. The predicted molar refractivity (Wildman–Crippen MR) is 100 cm³/mol. The molecule has 0 aliphatic carbocycles. The number of aryl methyl sites for hydroxylation is 1. The number of hydrogen-bond acceptors (Lipinski definition) is 3. The van der Waals surface area contributed by atoms with Gasteiger partial charge in [-0.1, -0.05) is 24.9 Å². The molecular weight excluding hydrogens is 322 g/mol. The van der Waals surface area contributed by atoms with Gasteiger partial charge in [-0.3, -0.25) is 4.79 Å². The second kappa shape index (κ2) is 9.14. The quantitative estimate of drug-likeness (QED) is 0.383. The smallest absolute Gasteiger partial charge is 0.187 e. The van der Waals surface area contributed by atoms with Crippen molar-refractivity contribution in [2.75, 3.05) is 11.9 Å². The van der Waals surface area contributed by atoms with Gasteiger partial charge in [-0.15, -0.1) is 0 Å². The molecule has 0 aliphatic heterocycles. The van der Waals surface area contributed by atoms with E-state index in [0.29, 0.717) is 12.2 Å². The van der Waals surface area contributed by atoms with Gasteiger partial charge in [0, 0.05) is 28.5 Å². The Morgan fingerprint density at radius 2 is 1.96 bits per heavy atom. The molecule has 0 fully saturated rings. The summed E-state index contributed by atoms with van der Waals surface area (Å²) in [4.78, 5) is 12.1. The molecule has 0 bridgehead atoms. The summed E-state index contributed by atoms with van der Waals surface area (Å²) >= 11 is 5.99. The van der Waals surface area contributed by atoms with Gasteiger partial charge in [0.15, 0.2) is 5.78 Å². The largest absolute Gasteiger partial charge is 0.494 e. The second-order valence-corrected chi connectivity index (χ2v) is 5.94. The van der Waals surface area contributed by atoms with Crippen molar-refractivity contribution in [3.63, 3.8) is 0 Å². The van der Waals surface area contributed by atoms with E-state index in [9.17, 15) is 4.79 Å². The number of unbranched alkanes of at least 4 members (excludes halogenated alkanes) is 1. The van der Waals surface area contributed by atoms with Crippen molar-refractivity contribution >= 4 is 23.1 Å². The zero-order valence-electron chi connectivity index (χ0n) is 14.0. The summed E-state index contributed by atoms with van der Waals surface area (Å²) in [5.41, 5.74) is 2.50. The molecule has 0 aliphatic rings. The molecule has 0 aromatic heterocycles. The number of nitrogens with one attached hydrogen (secondary N) is 1. The van der Waals surface area contributed by atoms with E-state index in [1.165, 1.54) is 6.08 Å². The van der Waals surface area contributed by atoms with Crippen LogP contribution in [0.15, 0.2) is 54.7 Å². The summed E-state index contributed by atoms with van der Waals surface area (Å²) < 4.78 is 5.59. The lowest BCUT2D eigenvalue weighted by atomic mass is 10.1. The standard InChI is InChI=1S/C20H22ClNO2/c1-3-4-13-24-18-8-5-16(6-9-18)20(23)11-12-22-17-7-10-19(21)15(2)14-17/h5-12,14,22H,3-4,13H2,1-2H3/b12-11+. The SMILES string of the molecule is CCCCOc1ccc(C(=O)/C=C/Nc2ccc(Cl)c(C)c2)cc1. The maximum atomic E-state index is 12.1. The Kier molecular flexibility index (Phi) is 6.89. The Bertz CT molecular complexity index is 708. The molecule has 0 saturated carbocycles. The highest BCUT2D eigenvalue weighted by molar-refractivity contribution is 6.31. The van der Waals surface area contributed by atoms with Gasteiger partial charge in [0.2, 0.25) is 0 Å². The minimum atomic E-state index is -0.0618. The summed E-state index contributed by atoms with van der Waals surface area (Å²) in [6.07, 6.45) is 5.27. The van der Waals surface area contributed by atoms with Crippen molar-refractivity contribution in [3.8, 4) is 5.75 Å². The van der Waals surface area contributed by atoms with Gasteiger partial charge in [-0.2, -0.15) is 0 Å². The topological polar surface area (TPSA) is 38.3 Å². The maximum Gasteiger partial charge on any atom is 0.187 e. The highest BCUT2D eigenvalue weighted by Crippen LogP contribution is 2.19. The van der Waals surface area contributed by atoms with Crippen LogP contribution in [0.25, 0.3) is 0 Å². The highest BCUT2D eigenvalue weighted by atomic mass is 35.5. The molecule has 126 valence electrons. The number of allylic oxidation sites excluding steroid dienone is 1. The van der Waals surface area contributed by atoms with Crippen molar-refractivity contribution in [2.24, 2.45) is 0 Å². The van der Waals surface area contributed by atoms with Gasteiger partial charge < -0.3 is 10.1 Å². The number of halogens is 1. The summed E-state index contributed by atoms with van der Waals surface area (Å²) in [5.74, 6) is 0.729. The third kappa shape index (κ3) is 5.43. The molecule has 24 heavy (non-hydrogen) atoms. The lowest BCUT2D eigenvalue weighted by molar-refractivity contribution is 0.104. The molecule has 2 aromatic carbocycles. The Morgan fingerprint density at radius 3 is 2.62 bits per heavy atom. The molecule has 2 aromatic rings. The Labute approximate surface area is 148 Å². The van der Waals surface area contributed by atoms with E-state index in [4.69, 9.17) is 16.3 Å². The number of anilines is 1. The number of ketones is 1. The van der Waals surface area contributed by atoms with E-state index in [1.807, 2.05) is 37.3 Å². The molecule has 1 N–H and O–H groups in total. The van der Waals surface area contributed by atoms with Crippen LogP contribution in [0, 0.1) is 6.92 Å². The number of hydrogen-bond donors (Lipinski definition) is 1. The number of rotatable bonds is 8. The van der Waals surface area contributed by atoms with Crippen LogP contribution in [0.2, 0.25) is 5.02 Å². The molecule has 4 heteroatoms. The van der Waals surface area contributed by atoms with E-state index in [-0.39, 0.29) is 5.78 Å². The van der Waals surface area contributed by atoms with Gasteiger partial charge in [0.25, 0.3) is 0 Å². The molecule has 0 radical (unpaired) electrons. The molecule has 0 unspecified atom stereocenters. The van der Waals surface area contributed by atoms with Gasteiger partial charge in [0.05, 0.1) is 6.61 Å². The highest BCUT2D eigenvalue weighted by Gasteiger charge is 2.02. The number of carbonyl (C=O) groups excluding carboxylic acids is 1. The minimum Gasteiger partial charge on any atom is -0.494 e. The first-order valence-corrected chi connectivity index (χ1v) is 8.44. The van der Waals surface area contributed by atoms with E-state index >= 15 is 0 Å². The van der Waals surface area contributed by atoms with Crippen LogP contribution in [0.4, 0.5) is 5.69 Å². The average Bonchev–Trinajstić information content (AvgIpc) is 2.59. The van der Waals surface area contributed by atoms with Crippen LogP contribution in [-0.2, 0) is 0 Å². The molecule has 3 nitrogen and oxygen atoms in total. The van der Waals surface area contributed by atoms with Crippen molar-refractivity contribution in [3.05, 3.63) is 70.9 Å². The summed E-state index contributed by atoms with van der Waals surface area (Å²) in [6, 6.07) is 12.8. The third-order valence-electron chi connectivity index (χ3n) is 3.55. The first kappa shape index (κ1) is 18.1. The molecule has 0 amide bonds. The van der Waals surface area contributed by atoms with Gasteiger partial charge >= 0.3 is 0 Å². The maximum absolute atomic E-state index is 12.1. The number of ether oxygens (including phenoxy) is 1. The summed E-state index contributed by atoms with van der Waals surface area (Å²) in [7, 11) is 0. The van der Waals surface area contributed by atoms with Crippen LogP contribution in [0.3, 0.4) is 0 Å². The number of benzene rings is 2. The fourth-order valence-electron chi connectivity index (χ4n) is 2.09. The number of carbonyl (C=O) groups is 1. The summed E-state index contributed by atoms with van der Waals surface area (Å²) in [5, 5.41) is 3.80. The first-order chi connectivity index (χ1) is 11.6. The fraction of sp³-hybridized carbons (Fsp3) is 0.250. The van der Waals surface area contributed by atoms with E-state index in [1.54, 1.807) is 18.3 Å². The minimum absolute atomic E-state index is 0.0618. The van der Waals surface area contributed by atoms with Crippen molar-refractivity contribution < 1.29 is 9.53 Å². The van der Waals surface area contributed by atoms with Gasteiger partial charge in [-0.05, 0) is 61.4 Å². The first-order valence-electron chi connectivity index (χ1n) is 8.06. The fourth-order valence-corrected chi connectivity index (χ4v) is 2.21. The second-order valence-electron chi connectivity index (χ2n) is 5.53. The Hall–Kier alpha value is -2.26. The molecular formula is C20H22ClNO2. The lowest BCUT2D eigenvalue weighted by Gasteiger charge is -2.05. The van der Waals surface area contributed by atoms with Crippen molar-refractivity contribution in [1.82, 2.24) is 0 Å². The van der Waals surface area contributed by atoms with Crippen LogP contribution in [-0.4, -0.2) is 12.4 Å². The van der Waals surface area contributed by atoms with Crippen LogP contribution in [0.5, 0.6) is 5.75 Å². The Morgan fingerprint density at radius 1 is 1.21 bits per heavy atom. The predicted octanol–water partition coefficient (Wildman–Crippen LogP) is 5.64. The molecule has 0 atom stereocenters. The zero-order valence-corrected chi connectivity index (χ0v) is 14.8. The van der Waals surface area contributed by atoms with Gasteiger partial charge in [0.1, 0.15) is 5.75 Å². The van der Waals surface area contributed by atoms with E-state index in [2.05, 4.69) is 12.2 Å². The normalized spacial score (nSPS) is 10.8. The average molecular weight is 344 g/mol. The van der Waals surface area contributed by atoms with Crippen molar-refractivity contribution in [2.45, 2.75) is 26.7 Å². The molecule has 0 spiro atoms. The van der Waals surface area contributed by atoms with Crippen LogP contribution in [0.1, 0.15) is 35.7 Å². The van der Waals surface area contributed by atoms with Crippen LogP contribution >= 0.6 is 11.6 Å². The van der Waals surface area contributed by atoms with Crippen LogP contribution < -0.4 is 10.1 Å². The molecule has 0 saturated heterocycles. The summed E-state index contributed by atoms with van der Waals surface area (Å²) in [6.45, 7) is 4.76. The van der Waals surface area contributed by atoms with E-state index < -0.39 is 0 Å². The lowest BCUT2D eigenvalue weighted by Crippen LogP contribution is -1.99. The van der Waals surface area contributed by atoms with Gasteiger partial charge in [-0.25, -0.2) is 0 Å².